The molecule has 0 aliphatic heterocycles. The van der Waals surface area contributed by atoms with Crippen LogP contribution >= 0.6 is 0 Å². The summed E-state index contributed by atoms with van der Waals surface area (Å²) in [6.45, 7) is 10.2. The van der Waals surface area contributed by atoms with E-state index in [0.717, 1.165) is 25.7 Å². The fourth-order valence-electron chi connectivity index (χ4n) is 2.10. The van der Waals surface area contributed by atoms with Crippen LogP contribution in [0.3, 0.4) is 0 Å². The first-order chi connectivity index (χ1) is 8.63. The molecule has 0 spiro atoms. The minimum Gasteiger partial charge on any atom is -0.388 e. The molecule has 0 aromatic carbocycles. The van der Waals surface area contributed by atoms with Crippen molar-refractivity contribution in [1.82, 2.24) is 0 Å². The van der Waals surface area contributed by atoms with Gasteiger partial charge in [-0.15, -0.1) is 6.58 Å². The summed E-state index contributed by atoms with van der Waals surface area (Å²) in [5.41, 5.74) is 1.25. The molecule has 0 aromatic rings. The smallest absolute Gasteiger partial charge is 0.0772 e. The van der Waals surface area contributed by atoms with Gasteiger partial charge in [-0.1, -0.05) is 52.2 Å². The van der Waals surface area contributed by atoms with Crippen LogP contribution in [0.1, 0.15) is 72.1 Å². The van der Waals surface area contributed by atoms with Gasteiger partial charge in [-0.05, 0) is 43.6 Å². The summed E-state index contributed by atoms with van der Waals surface area (Å²) in [6, 6.07) is 0. The van der Waals surface area contributed by atoms with Crippen LogP contribution in [0.4, 0.5) is 0 Å². The zero-order chi connectivity index (χ0) is 13.8. The second-order valence-corrected chi connectivity index (χ2v) is 5.50. The molecule has 0 saturated carbocycles. The predicted octanol–water partition coefficient (Wildman–Crippen LogP) is 5.26. The van der Waals surface area contributed by atoms with E-state index in [1.54, 1.807) is 0 Å². The Morgan fingerprint density at radius 2 is 1.83 bits per heavy atom. The average Bonchev–Trinajstić information content (AvgIpc) is 2.36. The van der Waals surface area contributed by atoms with E-state index in [4.69, 9.17) is 0 Å². The lowest BCUT2D eigenvalue weighted by Gasteiger charge is -2.19. The van der Waals surface area contributed by atoms with Gasteiger partial charge in [0.2, 0.25) is 0 Å². The van der Waals surface area contributed by atoms with Crippen LogP contribution < -0.4 is 0 Å². The lowest BCUT2D eigenvalue weighted by Crippen LogP contribution is -2.17. The van der Waals surface area contributed by atoms with Crippen LogP contribution in [0.5, 0.6) is 0 Å². The van der Waals surface area contributed by atoms with Gasteiger partial charge in [0, 0.05) is 0 Å². The number of aliphatic hydroxyl groups excluding tert-OH is 1. The second-order valence-electron chi connectivity index (χ2n) is 5.50. The maximum absolute atomic E-state index is 10.2. The summed E-state index contributed by atoms with van der Waals surface area (Å²) >= 11 is 0. The van der Waals surface area contributed by atoms with Gasteiger partial charge in [-0.3, -0.25) is 0 Å². The standard InChI is InChI=1S/C17H32O/c1-5-7-9-11-13-16(17(18)15(3)4)14-12-10-8-6-2/h5,13,15,17-18H,1,6-12,14H2,2-4H3/b16-13-. The predicted molar refractivity (Wildman–Crippen MR) is 81.7 cm³/mol. The molecule has 1 atom stereocenters. The van der Waals surface area contributed by atoms with Gasteiger partial charge in [-0.2, -0.15) is 0 Å². The molecule has 1 nitrogen and oxygen atoms in total. The van der Waals surface area contributed by atoms with E-state index in [1.807, 2.05) is 6.08 Å². The molecule has 0 aromatic heterocycles. The van der Waals surface area contributed by atoms with Crippen LogP contribution in [0.2, 0.25) is 0 Å². The van der Waals surface area contributed by atoms with E-state index in [9.17, 15) is 5.11 Å². The van der Waals surface area contributed by atoms with Gasteiger partial charge in [-0.25, -0.2) is 0 Å². The van der Waals surface area contributed by atoms with Gasteiger partial charge < -0.3 is 5.11 Å². The number of hydrogen-bond donors (Lipinski definition) is 1. The molecular weight excluding hydrogens is 220 g/mol. The lowest BCUT2D eigenvalue weighted by molar-refractivity contribution is 0.155. The van der Waals surface area contributed by atoms with Gasteiger partial charge in [0.1, 0.15) is 0 Å². The maximum Gasteiger partial charge on any atom is 0.0772 e. The third-order valence-electron chi connectivity index (χ3n) is 3.35. The van der Waals surface area contributed by atoms with Crippen molar-refractivity contribution in [2.24, 2.45) is 5.92 Å². The van der Waals surface area contributed by atoms with Crippen LogP contribution in [0, 0.1) is 5.92 Å². The average molecular weight is 252 g/mol. The first-order valence-electron chi connectivity index (χ1n) is 7.61. The summed E-state index contributed by atoms with van der Waals surface area (Å²) in [7, 11) is 0. The largest absolute Gasteiger partial charge is 0.388 e. The topological polar surface area (TPSA) is 20.2 Å². The third-order valence-corrected chi connectivity index (χ3v) is 3.35. The molecule has 1 heteroatoms. The highest BCUT2D eigenvalue weighted by molar-refractivity contribution is 5.09. The molecule has 0 aliphatic carbocycles. The zero-order valence-corrected chi connectivity index (χ0v) is 12.6. The minimum absolute atomic E-state index is 0.254. The van der Waals surface area contributed by atoms with Crippen molar-refractivity contribution < 1.29 is 5.11 Å². The van der Waals surface area contributed by atoms with E-state index in [1.165, 1.54) is 31.3 Å². The summed E-state index contributed by atoms with van der Waals surface area (Å²) < 4.78 is 0. The molecule has 0 fully saturated rings. The van der Waals surface area contributed by atoms with Crippen molar-refractivity contribution in [2.75, 3.05) is 0 Å². The number of unbranched alkanes of at least 4 members (excludes halogenated alkanes) is 5. The summed E-state index contributed by atoms with van der Waals surface area (Å²) in [5, 5.41) is 10.2. The highest BCUT2D eigenvalue weighted by Crippen LogP contribution is 2.20. The number of hydrogen-bond acceptors (Lipinski definition) is 1. The fourth-order valence-corrected chi connectivity index (χ4v) is 2.10. The Balaban J connectivity index is 4.19. The summed E-state index contributed by atoms with van der Waals surface area (Å²) in [5.74, 6) is 0.321. The third kappa shape index (κ3) is 8.52. The molecule has 0 radical (unpaired) electrons. The molecule has 0 amide bonds. The number of allylic oxidation sites excluding steroid dienone is 2. The van der Waals surface area contributed by atoms with Gasteiger partial charge in [0.15, 0.2) is 0 Å². The van der Waals surface area contributed by atoms with Gasteiger partial charge in [0.25, 0.3) is 0 Å². The SMILES string of the molecule is C=CCCC/C=C(/CCCCCC)C(O)C(C)C. The Labute approximate surface area is 114 Å². The van der Waals surface area contributed by atoms with E-state index >= 15 is 0 Å². The Morgan fingerprint density at radius 1 is 1.11 bits per heavy atom. The molecule has 1 unspecified atom stereocenters. The van der Waals surface area contributed by atoms with E-state index < -0.39 is 0 Å². The normalized spacial score (nSPS) is 13.9. The lowest BCUT2D eigenvalue weighted by atomic mass is 9.93. The zero-order valence-electron chi connectivity index (χ0n) is 12.6. The second kappa shape index (κ2) is 11.5. The summed E-state index contributed by atoms with van der Waals surface area (Å²) in [6.07, 6.45) is 13.4. The minimum atomic E-state index is -0.254. The van der Waals surface area contributed by atoms with Crippen molar-refractivity contribution in [3.63, 3.8) is 0 Å². The van der Waals surface area contributed by atoms with Gasteiger partial charge >= 0.3 is 0 Å². The van der Waals surface area contributed by atoms with Crippen LogP contribution in [-0.2, 0) is 0 Å². The molecule has 0 heterocycles. The molecular formula is C17H32O. The highest BCUT2D eigenvalue weighted by Gasteiger charge is 2.14. The molecule has 0 bridgehead atoms. The van der Waals surface area contributed by atoms with Crippen molar-refractivity contribution in [2.45, 2.75) is 78.2 Å². The first kappa shape index (κ1) is 17.4. The van der Waals surface area contributed by atoms with Crippen LogP contribution in [0.15, 0.2) is 24.3 Å². The molecule has 18 heavy (non-hydrogen) atoms. The number of rotatable bonds is 11. The van der Waals surface area contributed by atoms with E-state index in [0.29, 0.717) is 5.92 Å². The Morgan fingerprint density at radius 3 is 2.39 bits per heavy atom. The van der Waals surface area contributed by atoms with Crippen LogP contribution in [0.25, 0.3) is 0 Å². The monoisotopic (exact) mass is 252 g/mol. The molecule has 0 aliphatic rings. The molecule has 0 rings (SSSR count). The highest BCUT2D eigenvalue weighted by atomic mass is 16.3. The van der Waals surface area contributed by atoms with E-state index in [2.05, 4.69) is 33.4 Å². The van der Waals surface area contributed by atoms with Gasteiger partial charge in [0.05, 0.1) is 6.10 Å². The van der Waals surface area contributed by atoms with Crippen molar-refractivity contribution in [3.05, 3.63) is 24.3 Å². The Bertz CT molecular complexity index is 228. The first-order valence-corrected chi connectivity index (χ1v) is 7.61. The maximum atomic E-state index is 10.2. The summed E-state index contributed by atoms with van der Waals surface area (Å²) in [4.78, 5) is 0. The Kier molecular flexibility index (Phi) is 11.2. The molecule has 0 saturated heterocycles. The molecule has 1 N–H and O–H groups in total. The quantitative estimate of drug-likeness (QED) is 0.393. The fraction of sp³-hybridized carbons (Fsp3) is 0.765. The van der Waals surface area contributed by atoms with Crippen molar-refractivity contribution in [3.8, 4) is 0 Å². The van der Waals surface area contributed by atoms with Crippen molar-refractivity contribution in [1.29, 1.82) is 0 Å². The van der Waals surface area contributed by atoms with E-state index in [-0.39, 0.29) is 6.10 Å². The Hall–Kier alpha value is -0.560. The molecule has 106 valence electrons. The van der Waals surface area contributed by atoms with Crippen LogP contribution in [-0.4, -0.2) is 11.2 Å². The van der Waals surface area contributed by atoms with Crippen molar-refractivity contribution >= 4 is 0 Å². The number of aliphatic hydroxyl groups is 1.